The van der Waals surface area contributed by atoms with Gasteiger partial charge in [0.25, 0.3) is 0 Å². The minimum absolute atomic E-state index is 0. The van der Waals surface area contributed by atoms with Crippen LogP contribution in [-0.2, 0) is 64.5 Å². The summed E-state index contributed by atoms with van der Waals surface area (Å²) in [5, 5.41) is 0. The van der Waals surface area contributed by atoms with Crippen LogP contribution in [0.2, 0.25) is 0 Å². The Morgan fingerprint density at radius 1 is 0.750 bits per heavy atom. The second-order valence-corrected chi connectivity index (χ2v) is 0. The minimum atomic E-state index is 0. The molecule has 0 aliphatic heterocycles. The molecule has 0 fully saturated rings. The van der Waals surface area contributed by atoms with Crippen LogP contribution in [0.4, 0.5) is 0 Å². The van der Waals surface area contributed by atoms with Crippen LogP contribution >= 0.6 is 0 Å². The van der Waals surface area contributed by atoms with Crippen molar-refractivity contribution >= 4 is 11.0 Å². The molecule has 0 radical (unpaired) electrons. The van der Waals surface area contributed by atoms with E-state index >= 15 is 0 Å². The monoisotopic (exact) mass is 312 g/mol. The molecule has 0 saturated carbocycles. The quantitative estimate of drug-likeness (QED) is 0.480. The summed E-state index contributed by atoms with van der Waals surface area (Å²) in [7, 11) is 0. The molecule has 0 aromatic rings. The summed E-state index contributed by atoms with van der Waals surface area (Å²) < 4.78 is 0. The van der Waals surface area contributed by atoms with Gasteiger partial charge in [0.1, 0.15) is 0 Å². The smallest absolute Gasteiger partial charge is 0 e. The van der Waals surface area contributed by atoms with Crippen molar-refractivity contribution in [2.24, 2.45) is 0 Å². The van der Waals surface area contributed by atoms with Crippen LogP contribution in [0.1, 0.15) is 0 Å². The van der Waals surface area contributed by atoms with Crippen molar-refractivity contribution in [2.75, 3.05) is 0 Å². The van der Waals surface area contributed by atoms with Crippen molar-refractivity contribution in [3.63, 3.8) is 0 Å². The van der Waals surface area contributed by atoms with Crippen LogP contribution in [0.5, 0.6) is 0 Å². The molecule has 4 heteroatoms. The molecule has 0 aromatic carbocycles. The van der Waals surface area contributed by atoms with Gasteiger partial charge in [-0.15, -0.1) is 0 Å². The molecule has 0 N–H and O–H groups in total. The summed E-state index contributed by atoms with van der Waals surface area (Å²) in [6, 6.07) is 0. The molecule has 0 aliphatic rings. The zero-order valence-corrected chi connectivity index (χ0v) is 7.46. The Morgan fingerprint density at radius 3 is 0.750 bits per heavy atom. The number of hydrogen-bond acceptors (Lipinski definition) is 0. The standard InChI is InChI=1S/H4Si.2Ti.W/h1H4;;;. The van der Waals surface area contributed by atoms with Crippen LogP contribution < -0.4 is 0 Å². The third kappa shape index (κ3) is 8.84. The van der Waals surface area contributed by atoms with Crippen LogP contribution in [0, 0.1) is 0 Å². The van der Waals surface area contributed by atoms with E-state index in [2.05, 4.69) is 0 Å². The molecule has 0 nitrogen and oxygen atoms in total. The molecule has 0 heterocycles. The topological polar surface area (TPSA) is 0 Å². The predicted octanol–water partition coefficient (Wildman–Crippen LogP) is -1.46. The second-order valence-electron chi connectivity index (χ2n) is 0. The Kier molecular flexibility index (Phi) is 152. The summed E-state index contributed by atoms with van der Waals surface area (Å²) in [6.45, 7) is 0. The first-order chi connectivity index (χ1) is 0. The first-order valence-corrected chi connectivity index (χ1v) is 0. The molecule has 0 amide bonds. The van der Waals surface area contributed by atoms with E-state index in [1.807, 2.05) is 0 Å². The molecule has 22 valence electrons. The largest absolute Gasteiger partial charge is 0.0149 e. The van der Waals surface area contributed by atoms with Gasteiger partial charge >= 0.3 is 0 Å². The Morgan fingerprint density at radius 2 is 0.750 bits per heavy atom. The number of hydrogen-bond donors (Lipinski definition) is 0. The van der Waals surface area contributed by atoms with Gasteiger partial charge in [0.15, 0.2) is 0 Å². The van der Waals surface area contributed by atoms with E-state index in [0.717, 1.165) is 0 Å². The van der Waals surface area contributed by atoms with E-state index in [1.165, 1.54) is 0 Å². The van der Waals surface area contributed by atoms with Crippen molar-refractivity contribution in [1.29, 1.82) is 0 Å². The summed E-state index contributed by atoms with van der Waals surface area (Å²) in [5.74, 6) is 0. The predicted molar refractivity (Wildman–Crippen MR) is 11.3 cm³/mol. The average Bonchev–Trinajstić information content (AvgIpc) is 0. The van der Waals surface area contributed by atoms with Gasteiger partial charge in [-0.25, -0.2) is 0 Å². The molecule has 0 spiro atoms. The molecule has 0 rings (SSSR count). The van der Waals surface area contributed by atoms with E-state index in [9.17, 15) is 0 Å². The van der Waals surface area contributed by atoms with E-state index in [-0.39, 0.29) is 75.5 Å². The van der Waals surface area contributed by atoms with Gasteiger partial charge in [-0.05, 0) is 11.0 Å². The Hall–Kier alpha value is 2.33. The summed E-state index contributed by atoms with van der Waals surface area (Å²) in [5.41, 5.74) is 0. The molecule has 0 bridgehead atoms. The van der Waals surface area contributed by atoms with Crippen LogP contribution in [0.25, 0.3) is 0 Å². The fourth-order valence-corrected chi connectivity index (χ4v) is 0. The van der Waals surface area contributed by atoms with E-state index in [4.69, 9.17) is 0 Å². The third-order valence-electron chi connectivity index (χ3n) is 0. The summed E-state index contributed by atoms with van der Waals surface area (Å²) in [6.07, 6.45) is 0. The van der Waals surface area contributed by atoms with Crippen molar-refractivity contribution in [3.05, 3.63) is 0 Å². The van der Waals surface area contributed by atoms with E-state index in [0.29, 0.717) is 0 Å². The number of rotatable bonds is 0. The first kappa shape index (κ1) is 33.1. The van der Waals surface area contributed by atoms with Gasteiger partial charge in [-0.1, -0.05) is 0 Å². The molecule has 4 heavy (non-hydrogen) atoms. The molecule has 0 aromatic heterocycles. The van der Waals surface area contributed by atoms with Crippen LogP contribution in [-0.4, -0.2) is 11.0 Å². The van der Waals surface area contributed by atoms with Crippen LogP contribution in [0.3, 0.4) is 0 Å². The average molecular weight is 312 g/mol. The van der Waals surface area contributed by atoms with Crippen molar-refractivity contribution < 1.29 is 64.5 Å². The van der Waals surface area contributed by atoms with Gasteiger partial charge in [0.05, 0.1) is 0 Å². The maximum absolute atomic E-state index is 0. The summed E-state index contributed by atoms with van der Waals surface area (Å²) >= 11 is 0. The van der Waals surface area contributed by atoms with Gasteiger partial charge in [-0.2, -0.15) is 0 Å². The maximum atomic E-state index is 0. The summed E-state index contributed by atoms with van der Waals surface area (Å²) in [4.78, 5) is 0. The minimum Gasteiger partial charge on any atom is -0.0149 e. The Balaban J connectivity index is 0. The maximum Gasteiger partial charge on any atom is 0 e. The molecule has 0 atom stereocenters. The Bertz CT molecular complexity index is 6.00. The zero-order valence-electron chi connectivity index (χ0n) is 1.41. The van der Waals surface area contributed by atoms with Gasteiger partial charge < -0.3 is 0 Å². The fraction of sp³-hybridized carbons (Fsp3) is 0. The zero-order chi connectivity index (χ0) is 0. The second kappa shape index (κ2) is 18.4. The van der Waals surface area contributed by atoms with Gasteiger partial charge in [0, 0.05) is 64.5 Å². The first-order valence-electron chi connectivity index (χ1n) is 0. The van der Waals surface area contributed by atoms with E-state index < -0.39 is 0 Å². The molecule has 0 unspecified atom stereocenters. The molecular weight excluding hydrogens is 308 g/mol. The van der Waals surface area contributed by atoms with Gasteiger partial charge in [-0.3, -0.25) is 0 Å². The molecular formula is H4SiTi2W. The van der Waals surface area contributed by atoms with Crippen molar-refractivity contribution in [2.45, 2.75) is 0 Å². The van der Waals surface area contributed by atoms with E-state index in [1.54, 1.807) is 0 Å². The fourth-order valence-electron chi connectivity index (χ4n) is 0. The Labute approximate surface area is 74.5 Å². The normalized spacial score (nSPS) is 0. The third-order valence-corrected chi connectivity index (χ3v) is 0. The van der Waals surface area contributed by atoms with Gasteiger partial charge in [0.2, 0.25) is 0 Å². The van der Waals surface area contributed by atoms with Crippen LogP contribution in [0.15, 0.2) is 0 Å². The molecule has 0 aliphatic carbocycles. The SMILES string of the molecule is [SiH4].[Ti].[Ti].[W]. The molecule has 0 saturated heterocycles. The van der Waals surface area contributed by atoms with Crippen molar-refractivity contribution in [1.82, 2.24) is 0 Å². The van der Waals surface area contributed by atoms with Crippen molar-refractivity contribution in [3.8, 4) is 0 Å².